The van der Waals surface area contributed by atoms with Gasteiger partial charge in [0.15, 0.2) is 0 Å². The standard InChI is InChI=1S/C20H26ClFIN2/c1-23-13-16-6-4-7-17(12-16)14-25(11-10-24(2)3)15-18-19(21)8-5-9-20(18)22/h4-9,12H,10-11,13-15H2,1-3H3/q-1. The molecule has 0 aliphatic heterocycles. The molecule has 2 rings (SSSR count). The molecule has 0 radical (unpaired) electrons. The van der Waals surface area contributed by atoms with Crippen LogP contribution in [0, 0.1) is 5.82 Å². The van der Waals surface area contributed by atoms with Crippen LogP contribution in [-0.4, -0.2) is 41.9 Å². The van der Waals surface area contributed by atoms with E-state index in [9.17, 15) is 4.39 Å². The van der Waals surface area contributed by atoms with E-state index >= 15 is 0 Å². The molecule has 0 aliphatic rings. The van der Waals surface area contributed by atoms with E-state index in [1.807, 2.05) is 0 Å². The number of halogens is 3. The summed E-state index contributed by atoms with van der Waals surface area (Å²) in [5.41, 5.74) is 3.27. The van der Waals surface area contributed by atoms with Crippen LogP contribution in [0.15, 0.2) is 42.5 Å². The van der Waals surface area contributed by atoms with Gasteiger partial charge in [0.25, 0.3) is 0 Å². The maximum atomic E-state index is 14.2. The number of hydrogen-bond donors (Lipinski definition) is 0. The van der Waals surface area contributed by atoms with Crippen molar-refractivity contribution in [2.45, 2.75) is 17.5 Å². The molecule has 0 aliphatic carbocycles. The molecule has 0 atom stereocenters. The number of likely N-dealkylation sites (N-methyl/N-ethyl adjacent to an activating group) is 1. The molecule has 25 heavy (non-hydrogen) atoms. The number of benzene rings is 2. The van der Waals surface area contributed by atoms with Gasteiger partial charge in [-0.3, -0.25) is 0 Å². The van der Waals surface area contributed by atoms with Crippen molar-refractivity contribution in [1.82, 2.24) is 9.80 Å². The molecule has 2 aromatic carbocycles. The fraction of sp³-hybridized carbons (Fsp3) is 0.400. The third kappa shape index (κ3) is 6.85. The Balaban J connectivity index is 2.16. The molecule has 2 nitrogen and oxygen atoms in total. The fourth-order valence-electron chi connectivity index (χ4n) is 2.69. The predicted octanol–water partition coefficient (Wildman–Crippen LogP) is 1.26. The van der Waals surface area contributed by atoms with Gasteiger partial charge in [-0.2, -0.15) is 0 Å². The van der Waals surface area contributed by atoms with Crippen molar-refractivity contribution in [3.8, 4) is 0 Å². The van der Waals surface area contributed by atoms with E-state index in [0.717, 1.165) is 19.6 Å². The molecule has 0 saturated carbocycles. The monoisotopic (exact) mass is 475 g/mol. The topological polar surface area (TPSA) is 6.48 Å². The molecule has 0 fully saturated rings. The summed E-state index contributed by atoms with van der Waals surface area (Å²) >= 11 is 6.47. The molecule has 0 heterocycles. The van der Waals surface area contributed by atoms with Gasteiger partial charge in [-0.15, -0.1) is 0 Å². The third-order valence-corrected chi connectivity index (χ3v) is 5.99. The summed E-state index contributed by atoms with van der Waals surface area (Å²) in [7, 11) is 4.11. The van der Waals surface area contributed by atoms with Crippen molar-refractivity contribution in [2.24, 2.45) is 0 Å². The Bertz CT molecular complexity index is 658. The van der Waals surface area contributed by atoms with Crippen molar-refractivity contribution in [3.63, 3.8) is 0 Å². The van der Waals surface area contributed by atoms with Gasteiger partial charge in [0.2, 0.25) is 0 Å². The maximum absolute atomic E-state index is 14.2. The molecule has 0 saturated heterocycles. The van der Waals surface area contributed by atoms with Gasteiger partial charge >= 0.3 is 167 Å². The SMILES string of the molecule is C[I-]Cc1cccc(CN(CCN(C)C)Cc2c(F)cccc2Cl)c1. The van der Waals surface area contributed by atoms with E-state index in [1.54, 1.807) is 12.1 Å². The Morgan fingerprint density at radius 3 is 2.40 bits per heavy atom. The van der Waals surface area contributed by atoms with Gasteiger partial charge in [0.1, 0.15) is 0 Å². The zero-order valence-electron chi connectivity index (χ0n) is 15.1. The second kappa shape index (κ2) is 10.5. The van der Waals surface area contributed by atoms with E-state index in [-0.39, 0.29) is 27.0 Å². The first-order chi connectivity index (χ1) is 12.0. The summed E-state index contributed by atoms with van der Waals surface area (Å²) in [6.07, 6.45) is 0. The van der Waals surface area contributed by atoms with Crippen LogP contribution in [-0.2, 0) is 17.5 Å². The molecule has 5 heteroatoms. The molecule has 0 aromatic heterocycles. The third-order valence-electron chi connectivity index (χ3n) is 3.99. The molecule has 0 spiro atoms. The van der Waals surface area contributed by atoms with Gasteiger partial charge < -0.3 is 0 Å². The van der Waals surface area contributed by atoms with Crippen molar-refractivity contribution in [1.29, 1.82) is 0 Å². The van der Waals surface area contributed by atoms with Crippen LogP contribution in [0.2, 0.25) is 5.02 Å². The Labute approximate surface area is 166 Å². The number of hydrogen-bond acceptors (Lipinski definition) is 2. The van der Waals surface area contributed by atoms with Crippen molar-refractivity contribution in [2.75, 3.05) is 32.1 Å². The van der Waals surface area contributed by atoms with E-state index in [4.69, 9.17) is 11.6 Å². The van der Waals surface area contributed by atoms with E-state index in [1.165, 1.54) is 21.6 Å². The van der Waals surface area contributed by atoms with E-state index < -0.39 is 0 Å². The van der Waals surface area contributed by atoms with Crippen LogP contribution >= 0.6 is 11.6 Å². The summed E-state index contributed by atoms with van der Waals surface area (Å²) in [6, 6.07) is 13.7. The average molecular weight is 476 g/mol. The molecule has 0 bridgehead atoms. The summed E-state index contributed by atoms with van der Waals surface area (Å²) in [5, 5.41) is 0.499. The summed E-state index contributed by atoms with van der Waals surface area (Å²) in [4.78, 5) is 6.72. The van der Waals surface area contributed by atoms with Crippen LogP contribution in [0.1, 0.15) is 16.7 Å². The molecule has 0 unspecified atom stereocenters. The van der Waals surface area contributed by atoms with E-state index in [0.29, 0.717) is 17.1 Å². The van der Waals surface area contributed by atoms with Crippen molar-refractivity contribution < 1.29 is 25.6 Å². The molecular weight excluding hydrogens is 450 g/mol. The van der Waals surface area contributed by atoms with Gasteiger partial charge in [0, 0.05) is 0 Å². The van der Waals surface area contributed by atoms with Crippen LogP contribution < -0.4 is 21.2 Å². The number of rotatable bonds is 9. The van der Waals surface area contributed by atoms with Crippen LogP contribution in [0.3, 0.4) is 0 Å². The van der Waals surface area contributed by atoms with Crippen LogP contribution in [0.4, 0.5) is 4.39 Å². The van der Waals surface area contributed by atoms with Gasteiger partial charge in [-0.1, -0.05) is 0 Å². The fourth-order valence-corrected chi connectivity index (χ4v) is 4.26. The van der Waals surface area contributed by atoms with Crippen LogP contribution in [0.5, 0.6) is 0 Å². The van der Waals surface area contributed by atoms with Crippen molar-refractivity contribution in [3.05, 3.63) is 70.0 Å². The minimum atomic E-state index is -0.230. The van der Waals surface area contributed by atoms with Gasteiger partial charge in [-0.05, 0) is 0 Å². The van der Waals surface area contributed by atoms with Crippen molar-refractivity contribution >= 4 is 11.6 Å². The predicted molar refractivity (Wildman–Crippen MR) is 100 cm³/mol. The van der Waals surface area contributed by atoms with Gasteiger partial charge in [0.05, 0.1) is 0 Å². The average Bonchev–Trinajstić information content (AvgIpc) is 2.56. The Hall–Kier alpha value is -0.690. The summed E-state index contributed by atoms with van der Waals surface area (Å²) in [5.74, 6) is -0.230. The normalized spacial score (nSPS) is 11.6. The Morgan fingerprint density at radius 2 is 1.72 bits per heavy atom. The van der Waals surface area contributed by atoms with E-state index in [2.05, 4.69) is 53.1 Å². The Morgan fingerprint density at radius 1 is 1.00 bits per heavy atom. The van der Waals surface area contributed by atoms with Gasteiger partial charge in [-0.25, -0.2) is 0 Å². The molecule has 0 N–H and O–H groups in total. The zero-order chi connectivity index (χ0) is 18.2. The minimum absolute atomic E-state index is 0.230. The molecule has 138 valence electrons. The first-order valence-electron chi connectivity index (χ1n) is 8.31. The quantitative estimate of drug-likeness (QED) is 0.398. The molecular formula is C20H26ClFIN2-. The molecule has 2 aromatic rings. The zero-order valence-corrected chi connectivity index (χ0v) is 18.0. The first-order valence-corrected chi connectivity index (χ1v) is 12.4. The first kappa shape index (κ1) is 20.6. The second-order valence-electron chi connectivity index (χ2n) is 6.43. The van der Waals surface area contributed by atoms with Crippen LogP contribution in [0.25, 0.3) is 0 Å². The number of nitrogens with zero attached hydrogens (tertiary/aromatic N) is 2. The summed E-state index contributed by atoms with van der Waals surface area (Å²) in [6.45, 7) is 3.10. The summed E-state index contributed by atoms with van der Waals surface area (Å²) < 4.78 is 15.4. The molecule has 0 amide bonds. The number of alkyl halides is 2. The Kier molecular flexibility index (Phi) is 8.62. The second-order valence-corrected chi connectivity index (χ2v) is 9.13.